The Labute approximate surface area is 256 Å². The Kier molecular flexibility index (Phi) is 12.1. The highest BCUT2D eigenvalue weighted by molar-refractivity contribution is 7.90. The minimum absolute atomic E-state index is 0. The maximum absolute atomic E-state index is 12.9. The van der Waals surface area contributed by atoms with Gasteiger partial charge in [0.2, 0.25) is 0 Å². The number of nitrogens with zero attached hydrogens (tertiary/aromatic N) is 1. The van der Waals surface area contributed by atoms with Crippen molar-refractivity contribution in [2.75, 3.05) is 11.9 Å². The summed E-state index contributed by atoms with van der Waals surface area (Å²) in [4.78, 5) is 23.3. The molecule has 226 valence electrons. The number of benzene rings is 4. The first-order valence-electron chi connectivity index (χ1n) is 13.4. The molecule has 10 nitrogen and oxygen atoms in total. The zero-order valence-corrected chi connectivity index (χ0v) is 24.9. The maximum atomic E-state index is 12.9. The summed E-state index contributed by atoms with van der Waals surface area (Å²) in [7, 11) is -4.40. The van der Waals surface area contributed by atoms with E-state index in [9.17, 15) is 23.3 Å². The Morgan fingerprint density at radius 2 is 1.51 bits per heavy atom. The van der Waals surface area contributed by atoms with Gasteiger partial charge in [0, 0.05) is 12.6 Å². The number of aryl methyl sites for hydroxylation is 1. The van der Waals surface area contributed by atoms with E-state index in [1.807, 2.05) is 65.4 Å². The Morgan fingerprint density at radius 1 is 0.884 bits per heavy atom. The van der Waals surface area contributed by atoms with Crippen LogP contribution < -0.4 is 20.5 Å². The molecule has 0 bridgehead atoms. The number of anilines is 1. The molecule has 0 aliphatic rings. The van der Waals surface area contributed by atoms with E-state index in [2.05, 4.69) is 5.32 Å². The van der Waals surface area contributed by atoms with Gasteiger partial charge >= 0.3 is 0 Å². The average Bonchev–Trinajstić information content (AvgIpc) is 2.99. The van der Waals surface area contributed by atoms with Crippen LogP contribution in [-0.2, 0) is 34.3 Å². The summed E-state index contributed by atoms with van der Waals surface area (Å²) in [5, 5.41) is 14.7. The van der Waals surface area contributed by atoms with Gasteiger partial charge in [-0.1, -0.05) is 72.8 Å². The van der Waals surface area contributed by atoms with Gasteiger partial charge in [0.1, 0.15) is 18.0 Å². The molecule has 0 spiro atoms. The summed E-state index contributed by atoms with van der Waals surface area (Å²) in [5.74, 6) is -0.288. The van der Waals surface area contributed by atoms with E-state index >= 15 is 0 Å². The molecule has 4 rings (SSSR count). The number of nitrogens with one attached hydrogen (secondary N) is 2. The van der Waals surface area contributed by atoms with Crippen LogP contribution in [0.4, 0.5) is 11.4 Å². The first-order chi connectivity index (χ1) is 20.2. The fourth-order valence-electron chi connectivity index (χ4n) is 4.22. The molecular weight excluding hydrogens is 592 g/mol. The third-order valence-electron chi connectivity index (χ3n) is 6.48. The molecule has 0 heterocycles. The van der Waals surface area contributed by atoms with E-state index < -0.39 is 37.5 Å². The van der Waals surface area contributed by atoms with Gasteiger partial charge in [-0.3, -0.25) is 14.9 Å². The van der Waals surface area contributed by atoms with Crippen molar-refractivity contribution >= 4 is 39.7 Å². The number of ether oxygens (including phenoxy) is 1. The predicted octanol–water partition coefficient (Wildman–Crippen LogP) is 5.02. The second-order valence-electron chi connectivity index (χ2n) is 9.65. The van der Waals surface area contributed by atoms with Crippen LogP contribution in [0.15, 0.2) is 108 Å². The molecule has 4 aromatic rings. The molecule has 0 aliphatic heterocycles. The lowest BCUT2D eigenvalue weighted by Crippen LogP contribution is -2.44. The van der Waals surface area contributed by atoms with E-state index in [1.54, 1.807) is 24.3 Å². The molecule has 0 radical (unpaired) electrons. The van der Waals surface area contributed by atoms with E-state index in [1.165, 1.54) is 12.1 Å². The summed E-state index contributed by atoms with van der Waals surface area (Å²) in [6.45, 7) is 0.858. The number of carbonyl (C=O) groups is 1. The van der Waals surface area contributed by atoms with E-state index in [0.29, 0.717) is 24.5 Å². The van der Waals surface area contributed by atoms with Gasteiger partial charge in [0.25, 0.3) is 21.6 Å². The first-order valence-corrected chi connectivity index (χ1v) is 14.8. The summed E-state index contributed by atoms with van der Waals surface area (Å²) in [6.07, 6.45) is 1.58. The fourth-order valence-corrected chi connectivity index (χ4v) is 5.26. The molecule has 0 saturated heterocycles. The number of nitro benzene ring substituents is 1. The van der Waals surface area contributed by atoms with Gasteiger partial charge in [0.05, 0.1) is 15.9 Å². The molecule has 43 heavy (non-hydrogen) atoms. The van der Waals surface area contributed by atoms with Crippen LogP contribution in [0, 0.1) is 10.1 Å². The van der Waals surface area contributed by atoms with Gasteiger partial charge < -0.3 is 15.8 Å². The summed E-state index contributed by atoms with van der Waals surface area (Å²) in [6, 6.07) is 28.8. The van der Waals surface area contributed by atoms with Crippen molar-refractivity contribution in [1.29, 1.82) is 0 Å². The molecule has 12 heteroatoms. The van der Waals surface area contributed by atoms with Gasteiger partial charge in [-0.15, -0.1) is 12.4 Å². The van der Waals surface area contributed by atoms with Crippen LogP contribution in [-0.4, -0.2) is 31.8 Å². The fraction of sp³-hybridized carbons (Fsp3) is 0.194. The van der Waals surface area contributed by atoms with Gasteiger partial charge in [-0.2, -0.15) is 0 Å². The molecule has 0 aliphatic carbocycles. The highest BCUT2D eigenvalue weighted by atomic mass is 35.5. The zero-order valence-electron chi connectivity index (χ0n) is 23.2. The number of carbonyl (C=O) groups excluding carboxylic acids is 1. The second kappa shape index (κ2) is 15.7. The van der Waals surface area contributed by atoms with Gasteiger partial charge in [-0.05, 0) is 60.2 Å². The Balaban J connectivity index is 0.00000506. The number of amides is 1. The Morgan fingerprint density at radius 3 is 2.14 bits per heavy atom. The van der Waals surface area contributed by atoms with Crippen molar-refractivity contribution in [1.82, 2.24) is 4.72 Å². The van der Waals surface area contributed by atoms with Crippen LogP contribution in [0.2, 0.25) is 0 Å². The molecular formula is C31H33ClN4O6S. The van der Waals surface area contributed by atoms with Crippen LogP contribution in [0.1, 0.15) is 23.1 Å². The number of hydrogen-bond acceptors (Lipinski definition) is 8. The van der Waals surface area contributed by atoms with Gasteiger partial charge in [-0.25, -0.2) is 13.1 Å². The molecule has 4 aromatic carbocycles. The predicted molar refractivity (Wildman–Crippen MR) is 168 cm³/mol. The summed E-state index contributed by atoms with van der Waals surface area (Å²) in [5.41, 5.74) is 8.65. The van der Waals surface area contributed by atoms with Crippen molar-refractivity contribution in [3.63, 3.8) is 0 Å². The smallest absolute Gasteiger partial charge is 0.293 e. The number of nitro groups is 1. The molecule has 1 amide bonds. The maximum Gasteiger partial charge on any atom is 0.293 e. The van der Waals surface area contributed by atoms with Crippen LogP contribution in [0.25, 0.3) is 0 Å². The zero-order chi connectivity index (χ0) is 30.0. The van der Waals surface area contributed by atoms with Crippen molar-refractivity contribution in [2.45, 2.75) is 36.8 Å². The normalized spacial score (nSPS) is 11.6. The summed E-state index contributed by atoms with van der Waals surface area (Å²) < 4.78 is 33.5. The van der Waals surface area contributed by atoms with Crippen LogP contribution in [0.3, 0.4) is 0 Å². The Bertz CT molecular complexity index is 1600. The van der Waals surface area contributed by atoms with Crippen molar-refractivity contribution < 1.29 is 22.9 Å². The Hall–Kier alpha value is -4.45. The molecule has 4 N–H and O–H groups in total. The lowest BCUT2D eigenvalue weighted by atomic mass is 10.1. The second-order valence-corrected chi connectivity index (χ2v) is 11.3. The highest BCUT2D eigenvalue weighted by Crippen LogP contribution is 2.28. The molecule has 0 unspecified atom stereocenters. The number of rotatable bonds is 14. The van der Waals surface area contributed by atoms with Crippen LogP contribution >= 0.6 is 12.4 Å². The largest absolute Gasteiger partial charge is 0.489 e. The highest BCUT2D eigenvalue weighted by Gasteiger charge is 2.25. The van der Waals surface area contributed by atoms with Crippen LogP contribution in [0.5, 0.6) is 5.75 Å². The standard InChI is InChI=1S/C31H32N4O6S.ClH/c32-28(20-24-13-15-26(16-14-24)41-22-25-10-5-2-6-11-25)31(36)34-42(39,40)27-17-18-29(30(21-27)35(37)38)33-19-7-12-23-8-3-1-4-9-23;/h1-6,8-11,13-18,21,28,33H,7,12,19-20,22,32H2,(H,34,36);1H/t28-;/m0./s1. The van der Waals surface area contributed by atoms with Crippen molar-refractivity contribution in [2.24, 2.45) is 5.73 Å². The minimum atomic E-state index is -4.40. The third-order valence-corrected chi connectivity index (χ3v) is 7.82. The van der Waals surface area contributed by atoms with E-state index in [0.717, 1.165) is 30.0 Å². The monoisotopic (exact) mass is 624 g/mol. The number of nitrogens with two attached hydrogens (primary N) is 1. The average molecular weight is 625 g/mol. The first kappa shape index (κ1) is 33.1. The van der Waals surface area contributed by atoms with Crippen molar-refractivity contribution in [3.8, 4) is 5.75 Å². The topological polar surface area (TPSA) is 154 Å². The lowest BCUT2D eigenvalue weighted by molar-refractivity contribution is -0.384. The SMILES string of the molecule is Cl.N[C@@H](Cc1ccc(OCc2ccccc2)cc1)C(=O)NS(=O)(=O)c1ccc(NCCCc2ccccc2)c([N+](=O)[O-])c1. The minimum Gasteiger partial charge on any atom is -0.489 e. The van der Waals surface area contributed by atoms with Crippen molar-refractivity contribution in [3.05, 3.63) is 130 Å². The molecule has 0 fully saturated rings. The number of hydrogen-bond donors (Lipinski definition) is 3. The quantitative estimate of drug-likeness (QED) is 0.100. The number of halogens is 1. The molecule has 0 aromatic heterocycles. The number of sulfonamides is 1. The summed E-state index contributed by atoms with van der Waals surface area (Å²) >= 11 is 0. The molecule has 1 atom stereocenters. The molecule has 0 saturated carbocycles. The van der Waals surface area contributed by atoms with Gasteiger partial charge in [0.15, 0.2) is 0 Å². The van der Waals surface area contributed by atoms with E-state index in [-0.39, 0.29) is 24.5 Å². The third kappa shape index (κ3) is 9.81. The van der Waals surface area contributed by atoms with E-state index in [4.69, 9.17) is 10.5 Å². The lowest BCUT2D eigenvalue weighted by Gasteiger charge is -2.14.